The molecule has 1 aliphatic heterocycles. The Bertz CT molecular complexity index is 363. The van der Waals surface area contributed by atoms with Crippen LogP contribution in [0.25, 0.3) is 0 Å². The summed E-state index contributed by atoms with van der Waals surface area (Å²) < 4.78 is 5.22. The Kier molecular flexibility index (Phi) is 2.37. The van der Waals surface area contributed by atoms with Gasteiger partial charge in [-0.3, -0.25) is 10.5 Å². The fourth-order valence-corrected chi connectivity index (χ4v) is 1.59. The zero-order valence-electron chi connectivity index (χ0n) is 7.75. The summed E-state index contributed by atoms with van der Waals surface area (Å²) in [4.78, 5) is 11.2. The van der Waals surface area contributed by atoms with E-state index in [1.807, 2.05) is 12.1 Å². The number of carbonyl (C=O) groups is 1. The summed E-state index contributed by atoms with van der Waals surface area (Å²) >= 11 is 0. The lowest BCUT2D eigenvalue weighted by Gasteiger charge is -2.19. The van der Waals surface area contributed by atoms with Crippen molar-refractivity contribution in [2.24, 2.45) is 5.73 Å². The molecule has 1 aromatic carbocycles. The van der Waals surface area contributed by atoms with Crippen LogP contribution >= 0.6 is 0 Å². The number of fused-ring (bicyclic) bond motifs is 1. The van der Waals surface area contributed by atoms with E-state index in [0.29, 0.717) is 12.2 Å². The van der Waals surface area contributed by atoms with E-state index in [1.165, 1.54) is 0 Å². The van der Waals surface area contributed by atoms with Crippen molar-refractivity contribution < 1.29 is 9.53 Å². The van der Waals surface area contributed by atoms with E-state index in [-0.39, 0.29) is 12.6 Å². The zero-order valence-corrected chi connectivity index (χ0v) is 7.75. The number of hydrogen-bond donors (Lipinski definition) is 2. The van der Waals surface area contributed by atoms with E-state index >= 15 is 0 Å². The second-order valence-corrected chi connectivity index (χ2v) is 3.15. The molecule has 74 valence electrons. The Hall–Kier alpha value is -1.55. The Labute approximate surface area is 82.1 Å². The summed E-state index contributed by atoms with van der Waals surface area (Å²) in [6, 6.07) is 5.69. The topological polar surface area (TPSA) is 64.3 Å². The standard InChI is InChI=1S/C10H12N2O2/c11-6-14-8-3-1-2-7-4-5-9(13)12-10(7)8/h1-3H,4-6,11H2,(H,12,13). The summed E-state index contributed by atoms with van der Waals surface area (Å²) in [5.74, 6) is 0.684. The number of nitrogens with one attached hydrogen (secondary N) is 1. The molecule has 0 saturated carbocycles. The van der Waals surface area contributed by atoms with Crippen molar-refractivity contribution in [2.75, 3.05) is 12.0 Å². The Morgan fingerprint density at radius 3 is 3.07 bits per heavy atom. The van der Waals surface area contributed by atoms with Gasteiger partial charge in [0.25, 0.3) is 0 Å². The second-order valence-electron chi connectivity index (χ2n) is 3.15. The van der Waals surface area contributed by atoms with Crippen molar-refractivity contribution >= 4 is 11.6 Å². The molecule has 0 saturated heterocycles. The van der Waals surface area contributed by atoms with Gasteiger partial charge in [-0.05, 0) is 18.1 Å². The van der Waals surface area contributed by atoms with Crippen molar-refractivity contribution in [1.29, 1.82) is 0 Å². The summed E-state index contributed by atoms with van der Waals surface area (Å²) in [5.41, 5.74) is 7.17. The highest BCUT2D eigenvalue weighted by atomic mass is 16.5. The molecular formula is C10H12N2O2. The fourth-order valence-electron chi connectivity index (χ4n) is 1.59. The number of rotatable bonds is 2. The molecule has 14 heavy (non-hydrogen) atoms. The SMILES string of the molecule is NCOc1cccc2c1NC(=O)CC2. The molecule has 1 amide bonds. The lowest BCUT2D eigenvalue weighted by Crippen LogP contribution is -2.20. The van der Waals surface area contributed by atoms with Crippen LogP contribution in [0.4, 0.5) is 5.69 Å². The molecule has 1 aliphatic rings. The lowest BCUT2D eigenvalue weighted by atomic mass is 10.0. The summed E-state index contributed by atoms with van der Waals surface area (Å²) in [7, 11) is 0. The first-order valence-corrected chi connectivity index (χ1v) is 4.56. The van der Waals surface area contributed by atoms with Crippen LogP contribution in [0.5, 0.6) is 5.75 Å². The second kappa shape index (κ2) is 3.67. The van der Waals surface area contributed by atoms with Gasteiger partial charge in [0.1, 0.15) is 12.5 Å². The van der Waals surface area contributed by atoms with Crippen LogP contribution in [0.15, 0.2) is 18.2 Å². The minimum absolute atomic E-state index is 0.0329. The number of aryl methyl sites for hydroxylation is 1. The largest absolute Gasteiger partial charge is 0.476 e. The van der Waals surface area contributed by atoms with Crippen molar-refractivity contribution in [2.45, 2.75) is 12.8 Å². The average Bonchev–Trinajstić information content (AvgIpc) is 2.19. The number of nitrogens with two attached hydrogens (primary N) is 1. The van der Waals surface area contributed by atoms with Crippen LogP contribution in [0.2, 0.25) is 0 Å². The number of benzene rings is 1. The smallest absolute Gasteiger partial charge is 0.224 e. The number of ether oxygens (including phenoxy) is 1. The Morgan fingerprint density at radius 1 is 1.43 bits per heavy atom. The highest BCUT2D eigenvalue weighted by molar-refractivity contribution is 5.95. The summed E-state index contributed by atoms with van der Waals surface area (Å²) in [5, 5.41) is 2.79. The molecule has 0 unspecified atom stereocenters. The zero-order chi connectivity index (χ0) is 9.97. The molecule has 3 N–H and O–H groups in total. The molecule has 0 atom stereocenters. The first kappa shape index (κ1) is 9.02. The molecule has 2 rings (SSSR count). The first-order chi connectivity index (χ1) is 6.81. The van der Waals surface area contributed by atoms with Gasteiger partial charge in [-0.25, -0.2) is 0 Å². The maximum Gasteiger partial charge on any atom is 0.224 e. The molecule has 0 fully saturated rings. The van der Waals surface area contributed by atoms with Gasteiger partial charge in [0.05, 0.1) is 5.69 Å². The van der Waals surface area contributed by atoms with Crippen LogP contribution in [0, 0.1) is 0 Å². The Morgan fingerprint density at radius 2 is 2.29 bits per heavy atom. The molecule has 0 aliphatic carbocycles. The summed E-state index contributed by atoms with van der Waals surface area (Å²) in [6.45, 7) is 0.117. The first-order valence-electron chi connectivity index (χ1n) is 4.56. The quantitative estimate of drug-likeness (QED) is 0.683. The van der Waals surface area contributed by atoms with Gasteiger partial charge in [0.15, 0.2) is 0 Å². The molecule has 4 heteroatoms. The fraction of sp³-hybridized carbons (Fsp3) is 0.300. The Balaban J connectivity index is 2.38. The molecule has 0 aromatic heterocycles. The molecule has 0 bridgehead atoms. The maximum atomic E-state index is 11.2. The van der Waals surface area contributed by atoms with Crippen molar-refractivity contribution in [3.63, 3.8) is 0 Å². The molecule has 1 aromatic rings. The normalized spacial score (nSPS) is 14.5. The molecular weight excluding hydrogens is 180 g/mol. The number of para-hydroxylation sites is 1. The van der Waals surface area contributed by atoms with Crippen molar-refractivity contribution in [1.82, 2.24) is 0 Å². The predicted octanol–water partition coefficient (Wildman–Crippen LogP) is 0.866. The van der Waals surface area contributed by atoms with Gasteiger partial charge in [-0.1, -0.05) is 12.1 Å². The molecule has 1 heterocycles. The third-order valence-electron chi connectivity index (χ3n) is 2.24. The number of amides is 1. The molecule has 4 nitrogen and oxygen atoms in total. The van der Waals surface area contributed by atoms with Crippen molar-refractivity contribution in [3.8, 4) is 5.75 Å². The van der Waals surface area contributed by atoms with Gasteiger partial charge >= 0.3 is 0 Å². The highest BCUT2D eigenvalue weighted by Gasteiger charge is 2.17. The van der Waals surface area contributed by atoms with Gasteiger partial charge in [-0.15, -0.1) is 0 Å². The van der Waals surface area contributed by atoms with Crippen LogP contribution < -0.4 is 15.8 Å². The predicted molar refractivity (Wildman–Crippen MR) is 53.1 cm³/mol. The average molecular weight is 192 g/mol. The third-order valence-corrected chi connectivity index (χ3v) is 2.24. The van der Waals surface area contributed by atoms with Crippen LogP contribution in [0.1, 0.15) is 12.0 Å². The van der Waals surface area contributed by atoms with E-state index in [4.69, 9.17) is 10.5 Å². The molecule has 0 radical (unpaired) electrons. The highest BCUT2D eigenvalue weighted by Crippen LogP contribution is 2.31. The van der Waals surface area contributed by atoms with E-state index in [9.17, 15) is 4.79 Å². The minimum Gasteiger partial charge on any atom is -0.476 e. The number of carbonyl (C=O) groups excluding carboxylic acids is 1. The van der Waals surface area contributed by atoms with Gasteiger partial charge in [-0.2, -0.15) is 0 Å². The maximum absolute atomic E-state index is 11.2. The van der Waals surface area contributed by atoms with Crippen LogP contribution in [0.3, 0.4) is 0 Å². The number of hydrogen-bond acceptors (Lipinski definition) is 3. The van der Waals surface area contributed by atoms with Gasteiger partial charge in [0.2, 0.25) is 5.91 Å². The van der Waals surface area contributed by atoms with Crippen LogP contribution in [-0.4, -0.2) is 12.6 Å². The molecule has 0 spiro atoms. The minimum atomic E-state index is 0.0329. The summed E-state index contributed by atoms with van der Waals surface area (Å²) in [6.07, 6.45) is 1.31. The van der Waals surface area contributed by atoms with Gasteiger partial charge < -0.3 is 10.1 Å². The number of anilines is 1. The van der Waals surface area contributed by atoms with E-state index in [2.05, 4.69) is 5.32 Å². The van der Waals surface area contributed by atoms with Crippen LogP contribution in [-0.2, 0) is 11.2 Å². The van der Waals surface area contributed by atoms with E-state index in [1.54, 1.807) is 6.07 Å². The monoisotopic (exact) mass is 192 g/mol. The van der Waals surface area contributed by atoms with Crippen molar-refractivity contribution in [3.05, 3.63) is 23.8 Å². The van der Waals surface area contributed by atoms with E-state index < -0.39 is 0 Å². The van der Waals surface area contributed by atoms with Gasteiger partial charge in [0, 0.05) is 6.42 Å². The van der Waals surface area contributed by atoms with E-state index in [0.717, 1.165) is 17.7 Å². The third kappa shape index (κ3) is 1.56. The lowest BCUT2D eigenvalue weighted by molar-refractivity contribution is -0.116.